The van der Waals surface area contributed by atoms with E-state index in [1.54, 1.807) is 41.2 Å². The number of benzene rings is 4. The SMILES string of the molecule is COc1ccc(C2CCN(C(C(=O)O)C3CCN(C(=O)/C=C/c4cc(F)cc(F)c4)CC3)CC2)cc1.O=C(O)C(C1CCN(C(=O)/C=C/c2ccc(Cl)c(Cl)c2)CC1)N1CCC(c2ccc(Cl)cc2)CC1. The van der Waals surface area contributed by atoms with Gasteiger partial charge in [0, 0.05) is 49.4 Å². The molecule has 11 nitrogen and oxygen atoms in total. The summed E-state index contributed by atoms with van der Waals surface area (Å²) in [5.74, 6) is -1.64. The second-order valence-electron chi connectivity index (χ2n) is 18.9. The number of hydrogen-bond donors (Lipinski definition) is 2. The first-order valence-corrected chi connectivity index (χ1v) is 25.5. The number of likely N-dealkylation sites (tertiary alicyclic amines) is 4. The van der Waals surface area contributed by atoms with Gasteiger partial charge in [-0.05, 0) is 184 Å². The third-order valence-corrected chi connectivity index (χ3v) is 15.5. The first kappa shape index (κ1) is 53.5. The minimum absolute atomic E-state index is 0.0303. The zero-order chi connectivity index (χ0) is 50.6. The lowest BCUT2D eigenvalue weighted by Crippen LogP contribution is -2.52. The van der Waals surface area contributed by atoms with Gasteiger partial charge >= 0.3 is 11.9 Å². The summed E-state index contributed by atoms with van der Waals surface area (Å²) in [6.07, 6.45) is 12.2. The maximum absolute atomic E-state index is 13.4. The number of ether oxygens (including phenoxy) is 1. The molecule has 4 aliphatic rings. The molecule has 4 heterocycles. The van der Waals surface area contributed by atoms with Crippen LogP contribution in [0.1, 0.15) is 85.5 Å². The number of aliphatic carboxylic acids is 2. The van der Waals surface area contributed by atoms with E-state index in [0.717, 1.165) is 86.4 Å². The molecule has 0 aromatic heterocycles. The van der Waals surface area contributed by atoms with Gasteiger partial charge in [-0.3, -0.25) is 29.0 Å². The summed E-state index contributed by atoms with van der Waals surface area (Å²) in [4.78, 5) is 57.4. The fourth-order valence-electron chi connectivity index (χ4n) is 10.6. The van der Waals surface area contributed by atoms with Crippen LogP contribution in [0, 0.1) is 23.5 Å². The molecule has 16 heteroatoms. The van der Waals surface area contributed by atoms with Gasteiger partial charge in [0.15, 0.2) is 0 Å². The molecule has 0 aliphatic carbocycles. The molecule has 0 spiro atoms. The molecule has 2 amide bonds. The minimum atomic E-state index is -0.810. The molecular formula is C55H61Cl3F2N4O7. The highest BCUT2D eigenvalue weighted by molar-refractivity contribution is 6.42. The standard InChI is InChI=1S/C28H32F2N2O4.C27H29Cl3N2O3/c1-36-25-5-3-20(4-6-25)21-8-14-32(15-9-21)27(28(34)35)22-10-12-31(13-11-22)26(33)7-2-19-16-23(29)18-24(30)17-19;28-22-5-3-19(4-6-22)20-9-15-32(16-10-20)26(27(34)35)21-11-13-31(14-12-21)25(33)8-2-18-1-7-23(29)24(30)17-18/h2-7,16-18,21-22,27H,8-15H2,1H3,(H,34,35);1-8,17,20-21,26H,9-16H2,(H,34,35)/b7-2+;8-2+. The van der Waals surface area contributed by atoms with Crippen LogP contribution in [0.25, 0.3) is 12.2 Å². The van der Waals surface area contributed by atoms with Crippen LogP contribution in [0.2, 0.25) is 15.1 Å². The van der Waals surface area contributed by atoms with Crippen molar-refractivity contribution in [3.8, 4) is 5.75 Å². The number of carbonyl (C=O) groups is 4. The van der Waals surface area contributed by atoms with Crippen LogP contribution >= 0.6 is 34.8 Å². The number of piperidine rings is 4. The maximum atomic E-state index is 13.4. The summed E-state index contributed by atoms with van der Waals surface area (Å²) < 4.78 is 31.9. The molecule has 378 valence electrons. The molecule has 8 rings (SSSR count). The summed E-state index contributed by atoms with van der Waals surface area (Å²) in [5.41, 5.74) is 3.60. The molecule has 0 bridgehead atoms. The normalized spacial score (nSPS) is 19.1. The lowest BCUT2D eigenvalue weighted by Gasteiger charge is -2.41. The van der Waals surface area contributed by atoms with E-state index in [1.165, 1.54) is 29.4 Å². The van der Waals surface area contributed by atoms with Crippen molar-refractivity contribution in [1.82, 2.24) is 19.6 Å². The molecule has 71 heavy (non-hydrogen) atoms. The molecule has 4 fully saturated rings. The van der Waals surface area contributed by atoms with E-state index in [0.29, 0.717) is 73.7 Å². The van der Waals surface area contributed by atoms with Crippen molar-refractivity contribution in [2.24, 2.45) is 11.8 Å². The van der Waals surface area contributed by atoms with Crippen LogP contribution in [-0.2, 0) is 19.2 Å². The summed E-state index contributed by atoms with van der Waals surface area (Å²) in [5, 5.41) is 21.7. The quantitative estimate of drug-likeness (QED) is 0.126. The number of rotatable bonds is 13. The number of nitrogens with zero attached hydrogens (tertiary/aromatic N) is 4. The van der Waals surface area contributed by atoms with Crippen molar-refractivity contribution in [2.45, 2.75) is 75.3 Å². The Morgan fingerprint density at radius 3 is 1.38 bits per heavy atom. The highest BCUT2D eigenvalue weighted by Gasteiger charge is 2.39. The van der Waals surface area contributed by atoms with E-state index in [-0.39, 0.29) is 29.2 Å². The maximum Gasteiger partial charge on any atom is 0.321 e. The second kappa shape index (κ2) is 25.4. The van der Waals surface area contributed by atoms with Crippen LogP contribution in [0.15, 0.2) is 97.1 Å². The Balaban J connectivity index is 0.000000209. The van der Waals surface area contributed by atoms with Crippen molar-refractivity contribution in [3.63, 3.8) is 0 Å². The third-order valence-electron chi connectivity index (χ3n) is 14.5. The van der Waals surface area contributed by atoms with Gasteiger partial charge in [-0.15, -0.1) is 0 Å². The number of carboxylic acids is 2. The highest BCUT2D eigenvalue weighted by atomic mass is 35.5. The summed E-state index contributed by atoms with van der Waals surface area (Å²) in [6.45, 7) is 4.99. The van der Waals surface area contributed by atoms with E-state index in [1.807, 2.05) is 24.3 Å². The highest BCUT2D eigenvalue weighted by Crippen LogP contribution is 2.35. The largest absolute Gasteiger partial charge is 0.497 e. The monoisotopic (exact) mass is 1030 g/mol. The molecule has 4 aromatic rings. The van der Waals surface area contributed by atoms with E-state index in [9.17, 15) is 38.2 Å². The number of amides is 2. The molecule has 4 aromatic carbocycles. The fourth-order valence-corrected chi connectivity index (χ4v) is 11.1. The molecular weight excluding hydrogens is 973 g/mol. The first-order valence-electron chi connectivity index (χ1n) is 24.3. The zero-order valence-electron chi connectivity index (χ0n) is 39.8. The van der Waals surface area contributed by atoms with Crippen molar-refractivity contribution in [2.75, 3.05) is 59.5 Å². The van der Waals surface area contributed by atoms with Gasteiger partial charge in [-0.2, -0.15) is 0 Å². The van der Waals surface area contributed by atoms with Gasteiger partial charge < -0.3 is 24.7 Å². The lowest BCUT2D eigenvalue weighted by molar-refractivity contribution is -0.148. The molecule has 4 aliphatic heterocycles. The Labute approximate surface area is 429 Å². The summed E-state index contributed by atoms with van der Waals surface area (Å²) >= 11 is 18.0. The Hall–Kier alpha value is -5.31. The smallest absolute Gasteiger partial charge is 0.321 e. The Morgan fingerprint density at radius 2 is 0.972 bits per heavy atom. The summed E-state index contributed by atoms with van der Waals surface area (Å²) in [6, 6.07) is 23.3. The van der Waals surface area contributed by atoms with E-state index >= 15 is 0 Å². The lowest BCUT2D eigenvalue weighted by atomic mass is 9.84. The van der Waals surface area contributed by atoms with Crippen LogP contribution in [0.4, 0.5) is 8.78 Å². The van der Waals surface area contributed by atoms with E-state index < -0.39 is 35.7 Å². The molecule has 0 radical (unpaired) electrons. The van der Waals surface area contributed by atoms with Crippen LogP contribution in [0.5, 0.6) is 5.75 Å². The third kappa shape index (κ3) is 14.7. The van der Waals surface area contributed by atoms with Crippen LogP contribution in [0.3, 0.4) is 0 Å². The van der Waals surface area contributed by atoms with E-state index in [4.69, 9.17) is 39.5 Å². The molecule has 4 saturated heterocycles. The number of halogens is 5. The van der Waals surface area contributed by atoms with Crippen LogP contribution in [-0.4, -0.2) is 125 Å². The number of methoxy groups -OCH3 is 1. The predicted molar refractivity (Wildman–Crippen MR) is 274 cm³/mol. The Bertz CT molecular complexity index is 2500. The predicted octanol–water partition coefficient (Wildman–Crippen LogP) is 10.8. The average Bonchev–Trinajstić information content (AvgIpc) is 3.37. The molecule has 0 saturated carbocycles. The first-order chi connectivity index (χ1) is 34.1. The van der Waals surface area contributed by atoms with Gasteiger partial charge in [-0.25, -0.2) is 8.78 Å². The van der Waals surface area contributed by atoms with Gasteiger partial charge in [0.2, 0.25) is 11.8 Å². The van der Waals surface area contributed by atoms with Crippen molar-refractivity contribution in [3.05, 3.63) is 146 Å². The van der Waals surface area contributed by atoms with Crippen molar-refractivity contribution >= 4 is 70.7 Å². The van der Waals surface area contributed by atoms with Gasteiger partial charge in [0.25, 0.3) is 0 Å². The summed E-state index contributed by atoms with van der Waals surface area (Å²) in [7, 11) is 1.64. The van der Waals surface area contributed by atoms with Crippen LogP contribution < -0.4 is 4.74 Å². The number of carbonyl (C=O) groups excluding carboxylic acids is 2. The molecule has 2 N–H and O–H groups in total. The zero-order valence-corrected chi connectivity index (χ0v) is 42.1. The van der Waals surface area contributed by atoms with Gasteiger partial charge in [-0.1, -0.05) is 65.1 Å². The van der Waals surface area contributed by atoms with Crippen molar-refractivity contribution < 1.29 is 42.9 Å². The molecule has 2 atom stereocenters. The van der Waals surface area contributed by atoms with Gasteiger partial charge in [0.1, 0.15) is 29.5 Å². The molecule has 2 unspecified atom stereocenters. The average molecular weight is 1030 g/mol. The number of hydrogen-bond acceptors (Lipinski definition) is 7. The van der Waals surface area contributed by atoms with E-state index in [2.05, 4.69) is 34.1 Å². The topological polar surface area (TPSA) is 131 Å². The second-order valence-corrected chi connectivity index (χ2v) is 20.1. The fraction of sp³-hybridized carbons (Fsp3) is 0.418. The Kier molecular flexibility index (Phi) is 19.1. The number of carboxylic acid groups (broad SMARTS) is 2. The van der Waals surface area contributed by atoms with Gasteiger partial charge in [0.05, 0.1) is 17.2 Å². The van der Waals surface area contributed by atoms with Crippen molar-refractivity contribution in [1.29, 1.82) is 0 Å². The minimum Gasteiger partial charge on any atom is -0.497 e. The Morgan fingerprint density at radius 1 is 0.549 bits per heavy atom.